The van der Waals surface area contributed by atoms with Crippen LogP contribution >= 0.6 is 22.9 Å². The van der Waals surface area contributed by atoms with Gasteiger partial charge in [-0.15, -0.1) is 11.3 Å². The zero-order valence-corrected chi connectivity index (χ0v) is 14.0. The van der Waals surface area contributed by atoms with E-state index in [-0.39, 0.29) is 18.1 Å². The minimum Gasteiger partial charge on any atom is -0.370 e. The van der Waals surface area contributed by atoms with Gasteiger partial charge in [0.05, 0.1) is 30.4 Å². The minimum absolute atomic E-state index is 0.0304. The van der Waals surface area contributed by atoms with Crippen molar-refractivity contribution in [2.45, 2.75) is 26.0 Å². The third kappa shape index (κ3) is 3.02. The smallest absolute Gasteiger partial charge is 0.266 e. The van der Waals surface area contributed by atoms with Crippen molar-refractivity contribution in [3.8, 4) is 0 Å². The van der Waals surface area contributed by atoms with Crippen LogP contribution in [0.4, 0.5) is 0 Å². The summed E-state index contributed by atoms with van der Waals surface area (Å²) in [5, 5.41) is 0.677. The lowest BCUT2D eigenvalue weighted by Gasteiger charge is -2.38. The van der Waals surface area contributed by atoms with Gasteiger partial charge in [-0.05, 0) is 31.5 Å². The molecule has 0 radical (unpaired) electrons. The topological polar surface area (TPSA) is 42.4 Å². The van der Waals surface area contributed by atoms with Gasteiger partial charge in [0.15, 0.2) is 0 Å². The van der Waals surface area contributed by atoms with E-state index in [0.29, 0.717) is 23.1 Å². The Hall–Kier alpha value is -1.43. The lowest BCUT2D eigenvalue weighted by Crippen LogP contribution is -2.48. The highest BCUT2D eigenvalue weighted by molar-refractivity contribution is 7.11. The van der Waals surface area contributed by atoms with Crippen LogP contribution in [-0.4, -0.2) is 35.0 Å². The number of benzene rings is 1. The number of carbonyl (C=O) groups excluding carboxylic acids is 1. The van der Waals surface area contributed by atoms with Crippen LogP contribution < -0.4 is 0 Å². The Morgan fingerprint density at radius 3 is 3.00 bits per heavy atom. The van der Waals surface area contributed by atoms with Crippen LogP contribution in [-0.2, 0) is 4.74 Å². The first-order valence-electron chi connectivity index (χ1n) is 7.14. The average molecular weight is 337 g/mol. The largest absolute Gasteiger partial charge is 0.370 e. The summed E-state index contributed by atoms with van der Waals surface area (Å²) in [5.74, 6) is 0.0304. The fraction of sp³-hybridized carbons (Fsp3) is 0.375. The maximum atomic E-state index is 12.8. The van der Waals surface area contributed by atoms with Gasteiger partial charge in [-0.3, -0.25) is 4.79 Å². The maximum Gasteiger partial charge on any atom is 0.266 e. The van der Waals surface area contributed by atoms with E-state index in [2.05, 4.69) is 4.98 Å². The molecule has 1 aliphatic heterocycles. The van der Waals surface area contributed by atoms with Crippen LogP contribution in [0, 0.1) is 6.92 Å². The van der Waals surface area contributed by atoms with Crippen molar-refractivity contribution in [3.05, 3.63) is 50.9 Å². The van der Waals surface area contributed by atoms with Crippen LogP contribution in [0.15, 0.2) is 29.8 Å². The lowest BCUT2D eigenvalue weighted by molar-refractivity contribution is -0.0485. The summed E-state index contributed by atoms with van der Waals surface area (Å²) in [6.07, 6.45) is -0.146. The zero-order chi connectivity index (χ0) is 15.7. The van der Waals surface area contributed by atoms with Gasteiger partial charge in [0.2, 0.25) is 0 Å². The molecular weight excluding hydrogens is 320 g/mol. The molecule has 22 heavy (non-hydrogen) atoms. The Kier molecular flexibility index (Phi) is 4.47. The molecule has 0 bridgehead atoms. The van der Waals surface area contributed by atoms with E-state index < -0.39 is 0 Å². The number of nitrogens with zero attached hydrogens (tertiary/aromatic N) is 2. The molecule has 1 aliphatic rings. The second kappa shape index (κ2) is 6.36. The Bertz CT molecular complexity index is 688. The number of halogens is 1. The van der Waals surface area contributed by atoms with E-state index in [1.165, 1.54) is 11.3 Å². The SMILES string of the molecule is Cc1ncsc1C(=O)N1C[C@@H](c2cccc(Cl)c2)OC[C@H]1C. The van der Waals surface area contributed by atoms with Gasteiger partial charge >= 0.3 is 0 Å². The number of amides is 1. The molecule has 1 aromatic heterocycles. The van der Waals surface area contributed by atoms with E-state index >= 15 is 0 Å². The van der Waals surface area contributed by atoms with Gasteiger partial charge in [0.1, 0.15) is 11.0 Å². The van der Waals surface area contributed by atoms with Crippen molar-refractivity contribution in [1.82, 2.24) is 9.88 Å². The van der Waals surface area contributed by atoms with Crippen LogP contribution in [0.1, 0.15) is 34.0 Å². The van der Waals surface area contributed by atoms with Crippen molar-refractivity contribution < 1.29 is 9.53 Å². The molecular formula is C16H17ClN2O2S. The molecule has 116 valence electrons. The van der Waals surface area contributed by atoms with Gasteiger partial charge in [-0.25, -0.2) is 4.98 Å². The molecule has 1 fully saturated rings. The van der Waals surface area contributed by atoms with E-state index in [4.69, 9.17) is 16.3 Å². The normalized spacial score (nSPS) is 21.9. The molecule has 0 aliphatic carbocycles. The van der Waals surface area contributed by atoms with Crippen molar-refractivity contribution in [2.75, 3.05) is 13.2 Å². The molecule has 6 heteroatoms. The first-order chi connectivity index (χ1) is 10.6. The number of aryl methyl sites for hydroxylation is 1. The van der Waals surface area contributed by atoms with Crippen molar-refractivity contribution >= 4 is 28.8 Å². The summed E-state index contributed by atoms with van der Waals surface area (Å²) in [6, 6.07) is 7.65. The molecule has 1 saturated heterocycles. The van der Waals surface area contributed by atoms with Gasteiger partial charge in [0, 0.05) is 5.02 Å². The number of aromatic nitrogens is 1. The molecule has 0 saturated carbocycles. The Morgan fingerprint density at radius 2 is 2.32 bits per heavy atom. The molecule has 1 aromatic carbocycles. The fourth-order valence-electron chi connectivity index (χ4n) is 2.59. The lowest BCUT2D eigenvalue weighted by atomic mass is 10.1. The molecule has 2 heterocycles. The van der Waals surface area contributed by atoms with Crippen molar-refractivity contribution in [3.63, 3.8) is 0 Å². The maximum absolute atomic E-state index is 12.8. The monoisotopic (exact) mass is 336 g/mol. The molecule has 2 aromatic rings. The number of hydrogen-bond donors (Lipinski definition) is 0. The van der Waals surface area contributed by atoms with Crippen LogP contribution in [0.3, 0.4) is 0 Å². The van der Waals surface area contributed by atoms with E-state index in [0.717, 1.165) is 11.3 Å². The molecule has 0 N–H and O–H groups in total. The molecule has 1 amide bonds. The number of hydrogen-bond acceptors (Lipinski definition) is 4. The number of morpholine rings is 1. The standard InChI is InChI=1S/C16H17ClN2O2S/c1-10-8-21-14(12-4-3-5-13(17)6-12)7-19(10)16(20)15-11(2)18-9-22-15/h3-6,9-10,14H,7-8H2,1-2H3/t10-,14+/m1/s1. The van der Waals surface area contributed by atoms with Gasteiger partial charge in [-0.1, -0.05) is 23.7 Å². The second-order valence-electron chi connectivity index (χ2n) is 5.45. The van der Waals surface area contributed by atoms with Crippen LogP contribution in [0.2, 0.25) is 5.02 Å². The highest BCUT2D eigenvalue weighted by Gasteiger charge is 2.32. The van der Waals surface area contributed by atoms with E-state index in [1.807, 2.05) is 43.0 Å². The van der Waals surface area contributed by atoms with Gasteiger partial charge in [-0.2, -0.15) is 0 Å². The number of carbonyl (C=O) groups is 1. The summed E-state index contributed by atoms with van der Waals surface area (Å²) in [4.78, 5) is 19.5. The summed E-state index contributed by atoms with van der Waals surface area (Å²) in [6.45, 7) is 4.91. The highest BCUT2D eigenvalue weighted by atomic mass is 35.5. The van der Waals surface area contributed by atoms with Gasteiger partial charge in [0.25, 0.3) is 5.91 Å². The molecule has 0 spiro atoms. The zero-order valence-electron chi connectivity index (χ0n) is 12.5. The summed E-state index contributed by atoms with van der Waals surface area (Å²) in [7, 11) is 0. The van der Waals surface area contributed by atoms with Crippen molar-refractivity contribution in [2.24, 2.45) is 0 Å². The predicted octanol–water partition coefficient (Wildman–Crippen LogP) is 3.71. The molecule has 0 unspecified atom stereocenters. The van der Waals surface area contributed by atoms with E-state index in [9.17, 15) is 4.79 Å². The van der Waals surface area contributed by atoms with Crippen molar-refractivity contribution in [1.29, 1.82) is 0 Å². The third-order valence-corrected chi connectivity index (χ3v) is 5.01. The average Bonchev–Trinajstić information content (AvgIpc) is 2.93. The summed E-state index contributed by atoms with van der Waals surface area (Å²) in [5.41, 5.74) is 3.49. The molecule has 3 rings (SSSR count). The van der Waals surface area contributed by atoms with Crippen LogP contribution in [0.5, 0.6) is 0 Å². The summed E-state index contributed by atoms with van der Waals surface area (Å²) < 4.78 is 5.89. The molecule has 2 atom stereocenters. The Morgan fingerprint density at radius 1 is 1.50 bits per heavy atom. The highest BCUT2D eigenvalue weighted by Crippen LogP contribution is 2.28. The first-order valence-corrected chi connectivity index (χ1v) is 8.40. The van der Waals surface area contributed by atoms with E-state index in [1.54, 1.807) is 5.51 Å². The fourth-order valence-corrected chi connectivity index (χ4v) is 3.54. The quantitative estimate of drug-likeness (QED) is 0.839. The Labute approximate surface area is 138 Å². The van der Waals surface area contributed by atoms with Crippen LogP contribution in [0.25, 0.3) is 0 Å². The number of rotatable bonds is 2. The predicted molar refractivity (Wildman–Crippen MR) is 87.5 cm³/mol. The Balaban J connectivity index is 1.82. The number of ether oxygens (including phenoxy) is 1. The second-order valence-corrected chi connectivity index (χ2v) is 6.74. The molecule has 4 nitrogen and oxygen atoms in total. The third-order valence-electron chi connectivity index (χ3n) is 3.85. The first kappa shape index (κ1) is 15.5. The summed E-state index contributed by atoms with van der Waals surface area (Å²) >= 11 is 7.44. The van der Waals surface area contributed by atoms with Gasteiger partial charge < -0.3 is 9.64 Å². The minimum atomic E-state index is -0.146. The number of thiazole rings is 1.